The van der Waals surface area contributed by atoms with Gasteiger partial charge in [0.15, 0.2) is 5.65 Å². The van der Waals surface area contributed by atoms with Crippen molar-refractivity contribution in [1.29, 1.82) is 0 Å². The summed E-state index contributed by atoms with van der Waals surface area (Å²) in [7, 11) is 0. The lowest BCUT2D eigenvalue weighted by atomic mass is 10.1. The van der Waals surface area contributed by atoms with Gasteiger partial charge in [0, 0.05) is 23.8 Å². The van der Waals surface area contributed by atoms with E-state index in [2.05, 4.69) is 26.1 Å². The zero-order valence-corrected chi connectivity index (χ0v) is 19.7. The fourth-order valence-electron chi connectivity index (χ4n) is 3.46. The molecule has 0 saturated carbocycles. The molecule has 3 N–H and O–H groups in total. The molecule has 2 aromatic heterocycles. The van der Waals surface area contributed by atoms with Gasteiger partial charge in [-0.15, -0.1) is 10.2 Å². The smallest absolute Gasteiger partial charge is 0.314 e. The number of para-hydroxylation sites is 1. The van der Waals surface area contributed by atoms with Crippen LogP contribution in [0.25, 0.3) is 5.65 Å². The molecular weight excluding hydrogens is 444 g/mol. The van der Waals surface area contributed by atoms with Gasteiger partial charge in [0.2, 0.25) is 0 Å². The van der Waals surface area contributed by atoms with Gasteiger partial charge < -0.3 is 16.0 Å². The molecule has 0 bridgehead atoms. The number of benzene rings is 2. The monoisotopic (exact) mass is 470 g/mol. The van der Waals surface area contributed by atoms with Crippen molar-refractivity contribution in [2.75, 3.05) is 10.6 Å². The van der Waals surface area contributed by atoms with Crippen LogP contribution in [0.2, 0.25) is 0 Å². The molecule has 2 aromatic carbocycles. The Hall–Kier alpha value is -4.53. The number of nitrogens with zero attached hydrogens (tertiary/aromatic N) is 3. The van der Waals surface area contributed by atoms with Crippen LogP contribution in [-0.4, -0.2) is 37.9 Å². The maximum Gasteiger partial charge on any atom is 0.314 e. The number of aromatic nitrogens is 3. The second-order valence-corrected chi connectivity index (χ2v) is 9.08. The SMILES string of the molecule is CC(C)(C)NC(=O)c1ccccc1NC(=O)C(=O)Nc1ccc(Cc2nnc3ccccn23)cc1. The van der Waals surface area contributed by atoms with Crippen molar-refractivity contribution in [3.8, 4) is 0 Å². The minimum Gasteiger partial charge on any atom is -0.347 e. The van der Waals surface area contributed by atoms with E-state index in [4.69, 9.17) is 0 Å². The summed E-state index contributed by atoms with van der Waals surface area (Å²) in [5.41, 5.74) is 2.30. The van der Waals surface area contributed by atoms with Crippen molar-refractivity contribution in [3.05, 3.63) is 89.9 Å². The summed E-state index contributed by atoms with van der Waals surface area (Å²) in [6.45, 7) is 5.58. The van der Waals surface area contributed by atoms with Crippen molar-refractivity contribution in [2.45, 2.75) is 32.7 Å². The average molecular weight is 471 g/mol. The largest absolute Gasteiger partial charge is 0.347 e. The summed E-state index contributed by atoms with van der Waals surface area (Å²) in [5, 5.41) is 16.3. The first-order chi connectivity index (χ1) is 16.7. The molecular formula is C26H26N6O3. The Bertz CT molecular complexity index is 1390. The molecule has 9 nitrogen and oxygen atoms in total. The molecule has 9 heteroatoms. The van der Waals surface area contributed by atoms with Gasteiger partial charge in [-0.1, -0.05) is 30.3 Å². The van der Waals surface area contributed by atoms with E-state index in [9.17, 15) is 14.4 Å². The zero-order valence-electron chi connectivity index (χ0n) is 19.7. The van der Waals surface area contributed by atoms with Crippen LogP contribution in [0.5, 0.6) is 0 Å². The van der Waals surface area contributed by atoms with Gasteiger partial charge in [-0.3, -0.25) is 18.8 Å². The molecule has 0 saturated heterocycles. The Morgan fingerprint density at radius 2 is 1.51 bits per heavy atom. The molecule has 0 fully saturated rings. The average Bonchev–Trinajstić information content (AvgIpc) is 3.22. The van der Waals surface area contributed by atoms with Crippen molar-refractivity contribution >= 4 is 34.7 Å². The van der Waals surface area contributed by atoms with Crippen LogP contribution >= 0.6 is 0 Å². The van der Waals surface area contributed by atoms with E-state index in [0.29, 0.717) is 12.1 Å². The molecule has 4 rings (SSSR count). The molecule has 3 amide bonds. The topological polar surface area (TPSA) is 117 Å². The van der Waals surface area contributed by atoms with Crippen LogP contribution in [0.15, 0.2) is 72.9 Å². The summed E-state index contributed by atoms with van der Waals surface area (Å²) in [5.74, 6) is -1.26. The minimum atomic E-state index is -0.875. The third-order valence-corrected chi connectivity index (χ3v) is 5.07. The van der Waals surface area contributed by atoms with Crippen molar-refractivity contribution < 1.29 is 14.4 Å². The maximum absolute atomic E-state index is 12.6. The summed E-state index contributed by atoms with van der Waals surface area (Å²) >= 11 is 0. The molecule has 0 radical (unpaired) electrons. The molecule has 178 valence electrons. The number of carbonyl (C=O) groups is 3. The number of nitrogens with one attached hydrogen (secondary N) is 3. The zero-order chi connectivity index (χ0) is 25.0. The number of hydrogen-bond acceptors (Lipinski definition) is 5. The number of pyridine rings is 1. The number of hydrogen-bond donors (Lipinski definition) is 3. The molecule has 0 spiro atoms. The Morgan fingerprint density at radius 1 is 0.829 bits per heavy atom. The van der Waals surface area contributed by atoms with E-state index >= 15 is 0 Å². The summed E-state index contributed by atoms with van der Waals surface area (Å²) in [6, 6.07) is 19.4. The second kappa shape index (κ2) is 9.76. The minimum absolute atomic E-state index is 0.255. The van der Waals surface area contributed by atoms with Gasteiger partial charge in [0.1, 0.15) is 5.82 Å². The third kappa shape index (κ3) is 5.89. The van der Waals surface area contributed by atoms with Crippen LogP contribution in [0.3, 0.4) is 0 Å². The van der Waals surface area contributed by atoms with Gasteiger partial charge in [-0.25, -0.2) is 0 Å². The van der Waals surface area contributed by atoms with E-state index < -0.39 is 17.4 Å². The summed E-state index contributed by atoms with van der Waals surface area (Å²) in [4.78, 5) is 37.5. The van der Waals surface area contributed by atoms with Gasteiger partial charge in [-0.2, -0.15) is 0 Å². The number of rotatable bonds is 5. The molecule has 2 heterocycles. The molecule has 35 heavy (non-hydrogen) atoms. The number of fused-ring (bicyclic) bond motifs is 1. The van der Waals surface area contributed by atoms with Crippen molar-refractivity contribution in [1.82, 2.24) is 19.9 Å². The lowest BCUT2D eigenvalue weighted by Crippen LogP contribution is -2.41. The fourth-order valence-corrected chi connectivity index (χ4v) is 3.46. The highest BCUT2D eigenvalue weighted by Gasteiger charge is 2.21. The number of anilines is 2. The molecule has 0 atom stereocenters. The lowest BCUT2D eigenvalue weighted by molar-refractivity contribution is -0.133. The molecule has 0 unspecified atom stereocenters. The fraction of sp³-hybridized carbons (Fsp3) is 0.192. The van der Waals surface area contributed by atoms with E-state index in [0.717, 1.165) is 17.0 Å². The van der Waals surface area contributed by atoms with Gasteiger partial charge >= 0.3 is 11.8 Å². The van der Waals surface area contributed by atoms with Crippen LogP contribution in [0, 0.1) is 0 Å². The normalized spacial score (nSPS) is 11.2. The summed E-state index contributed by atoms with van der Waals surface area (Å²) < 4.78 is 1.92. The van der Waals surface area contributed by atoms with Crippen molar-refractivity contribution in [3.63, 3.8) is 0 Å². The highest BCUT2D eigenvalue weighted by molar-refractivity contribution is 6.44. The van der Waals surface area contributed by atoms with E-state index in [-0.39, 0.29) is 17.2 Å². The highest BCUT2D eigenvalue weighted by Crippen LogP contribution is 2.17. The first-order valence-electron chi connectivity index (χ1n) is 11.1. The molecule has 0 aliphatic carbocycles. The number of amides is 3. The van der Waals surface area contributed by atoms with Gasteiger partial charge in [0.25, 0.3) is 5.91 Å². The molecule has 0 aliphatic heterocycles. The standard InChI is InChI=1S/C26H26N6O3/c1-26(2,3)29-23(33)19-8-4-5-9-20(19)28-25(35)24(34)27-18-13-11-17(12-14-18)16-22-31-30-21-10-6-7-15-32(21)22/h4-15H,16H2,1-3H3,(H,27,34)(H,28,35)(H,29,33). The molecule has 4 aromatic rings. The second-order valence-electron chi connectivity index (χ2n) is 9.08. The van der Waals surface area contributed by atoms with E-state index in [1.165, 1.54) is 0 Å². The highest BCUT2D eigenvalue weighted by atomic mass is 16.2. The predicted octanol–water partition coefficient (Wildman–Crippen LogP) is 3.43. The molecule has 0 aliphatic rings. The van der Waals surface area contributed by atoms with Crippen LogP contribution in [-0.2, 0) is 16.0 Å². The number of carbonyl (C=O) groups excluding carboxylic acids is 3. The first-order valence-corrected chi connectivity index (χ1v) is 11.1. The Labute approximate surface area is 202 Å². The maximum atomic E-state index is 12.6. The van der Waals surface area contributed by atoms with Crippen molar-refractivity contribution in [2.24, 2.45) is 0 Å². The van der Waals surface area contributed by atoms with Crippen LogP contribution < -0.4 is 16.0 Å². The quantitative estimate of drug-likeness (QED) is 0.386. The summed E-state index contributed by atoms with van der Waals surface area (Å²) in [6.07, 6.45) is 2.47. The van der Waals surface area contributed by atoms with Crippen LogP contribution in [0.1, 0.15) is 42.5 Å². The van der Waals surface area contributed by atoms with Gasteiger partial charge in [-0.05, 0) is 62.7 Å². The Balaban J connectivity index is 1.39. The Kier molecular flexibility index (Phi) is 6.59. The van der Waals surface area contributed by atoms with E-state index in [1.54, 1.807) is 36.4 Å². The predicted molar refractivity (Wildman–Crippen MR) is 133 cm³/mol. The van der Waals surface area contributed by atoms with Gasteiger partial charge in [0.05, 0.1) is 11.3 Å². The third-order valence-electron chi connectivity index (χ3n) is 5.07. The lowest BCUT2D eigenvalue weighted by Gasteiger charge is -2.21. The first kappa shape index (κ1) is 23.6. The van der Waals surface area contributed by atoms with Crippen LogP contribution in [0.4, 0.5) is 11.4 Å². The Morgan fingerprint density at radius 3 is 2.26 bits per heavy atom. The van der Waals surface area contributed by atoms with E-state index in [1.807, 2.05) is 61.7 Å².